The molecule has 0 atom stereocenters. The molecule has 0 bridgehead atoms. The maximum atomic E-state index is 8.45. The molecule has 2 saturated carbocycles. The summed E-state index contributed by atoms with van der Waals surface area (Å²) < 4.78 is 0. The SMILES string of the molecule is N=C(C1CCCC1)N(Cc1cccs1)C1CC1. The highest BCUT2D eigenvalue weighted by atomic mass is 32.1. The van der Waals surface area contributed by atoms with Gasteiger partial charge in [0.1, 0.15) is 0 Å². The molecule has 3 heteroatoms. The van der Waals surface area contributed by atoms with Crippen molar-refractivity contribution in [1.82, 2.24) is 4.90 Å². The van der Waals surface area contributed by atoms with Crippen LogP contribution in [-0.2, 0) is 6.54 Å². The van der Waals surface area contributed by atoms with E-state index in [2.05, 4.69) is 22.4 Å². The quantitative estimate of drug-likeness (QED) is 0.635. The third kappa shape index (κ3) is 2.54. The van der Waals surface area contributed by atoms with Gasteiger partial charge in [0.15, 0.2) is 0 Å². The zero-order valence-electron chi connectivity index (χ0n) is 10.2. The highest BCUT2D eigenvalue weighted by Gasteiger charge is 2.34. The van der Waals surface area contributed by atoms with Gasteiger partial charge in [-0.25, -0.2) is 0 Å². The second-order valence-corrected chi connectivity index (χ2v) is 6.34. The summed E-state index contributed by atoms with van der Waals surface area (Å²) in [6.07, 6.45) is 7.72. The third-order valence-electron chi connectivity index (χ3n) is 3.95. The van der Waals surface area contributed by atoms with Crippen LogP contribution in [0.2, 0.25) is 0 Å². The van der Waals surface area contributed by atoms with Crippen LogP contribution in [0, 0.1) is 11.3 Å². The summed E-state index contributed by atoms with van der Waals surface area (Å²) in [5.41, 5.74) is 0. The number of hydrogen-bond acceptors (Lipinski definition) is 2. The van der Waals surface area contributed by atoms with Crippen molar-refractivity contribution < 1.29 is 0 Å². The van der Waals surface area contributed by atoms with Gasteiger partial charge in [-0.3, -0.25) is 5.41 Å². The molecule has 2 fully saturated rings. The molecule has 92 valence electrons. The fraction of sp³-hybridized carbons (Fsp3) is 0.643. The fourth-order valence-electron chi connectivity index (χ4n) is 2.80. The predicted molar refractivity (Wildman–Crippen MR) is 72.6 cm³/mol. The summed E-state index contributed by atoms with van der Waals surface area (Å²) >= 11 is 1.82. The molecule has 2 aliphatic rings. The largest absolute Gasteiger partial charge is 0.352 e. The molecule has 0 aliphatic heterocycles. The average Bonchev–Trinajstić information content (AvgIpc) is 2.86. The Bertz CT molecular complexity index is 375. The molecular formula is C14H20N2S. The Morgan fingerprint density at radius 1 is 1.29 bits per heavy atom. The normalized spacial score (nSPS) is 20.7. The van der Waals surface area contributed by atoms with E-state index in [1.165, 1.54) is 43.4 Å². The first-order chi connectivity index (χ1) is 8.34. The van der Waals surface area contributed by atoms with E-state index in [-0.39, 0.29) is 0 Å². The number of rotatable bonds is 4. The van der Waals surface area contributed by atoms with Gasteiger partial charge in [0.05, 0.1) is 12.4 Å². The summed E-state index contributed by atoms with van der Waals surface area (Å²) in [4.78, 5) is 3.78. The molecule has 0 amide bonds. The van der Waals surface area contributed by atoms with E-state index in [0.29, 0.717) is 12.0 Å². The Balaban J connectivity index is 1.68. The molecule has 2 nitrogen and oxygen atoms in total. The summed E-state index contributed by atoms with van der Waals surface area (Å²) in [7, 11) is 0. The van der Waals surface area contributed by atoms with Crippen molar-refractivity contribution >= 4 is 17.2 Å². The van der Waals surface area contributed by atoms with Crippen molar-refractivity contribution in [2.24, 2.45) is 5.92 Å². The minimum Gasteiger partial charge on any atom is -0.352 e. The van der Waals surface area contributed by atoms with Gasteiger partial charge in [-0.2, -0.15) is 0 Å². The van der Waals surface area contributed by atoms with Crippen molar-refractivity contribution in [3.63, 3.8) is 0 Å². The van der Waals surface area contributed by atoms with Gasteiger partial charge in [-0.15, -0.1) is 11.3 Å². The predicted octanol–water partition coefficient (Wildman–Crippen LogP) is 3.88. The number of amidine groups is 1. The standard InChI is InChI=1S/C14H20N2S/c15-14(11-4-1-2-5-11)16(12-7-8-12)10-13-6-3-9-17-13/h3,6,9,11-12,15H,1-2,4-5,7-8,10H2. The molecule has 0 saturated heterocycles. The van der Waals surface area contributed by atoms with E-state index in [1.807, 2.05) is 11.3 Å². The lowest BCUT2D eigenvalue weighted by atomic mass is 10.1. The van der Waals surface area contributed by atoms with E-state index in [4.69, 9.17) is 5.41 Å². The summed E-state index contributed by atoms with van der Waals surface area (Å²) in [6.45, 7) is 0.970. The number of nitrogens with one attached hydrogen (secondary N) is 1. The molecule has 1 N–H and O–H groups in total. The van der Waals surface area contributed by atoms with Crippen molar-refractivity contribution in [2.45, 2.75) is 51.1 Å². The van der Waals surface area contributed by atoms with Crippen LogP contribution in [0.15, 0.2) is 17.5 Å². The highest BCUT2D eigenvalue weighted by molar-refractivity contribution is 7.09. The van der Waals surface area contributed by atoms with Crippen LogP contribution in [-0.4, -0.2) is 16.8 Å². The lowest BCUT2D eigenvalue weighted by Crippen LogP contribution is -2.35. The number of hydrogen-bond donors (Lipinski definition) is 1. The lowest BCUT2D eigenvalue weighted by molar-refractivity contribution is 0.376. The zero-order chi connectivity index (χ0) is 11.7. The Morgan fingerprint density at radius 2 is 2.06 bits per heavy atom. The summed E-state index contributed by atoms with van der Waals surface area (Å²) in [5.74, 6) is 1.48. The maximum absolute atomic E-state index is 8.45. The van der Waals surface area contributed by atoms with E-state index in [0.717, 1.165) is 12.4 Å². The Hall–Kier alpha value is -0.830. The van der Waals surface area contributed by atoms with E-state index in [1.54, 1.807) is 0 Å². The monoisotopic (exact) mass is 248 g/mol. The van der Waals surface area contributed by atoms with Crippen molar-refractivity contribution in [3.05, 3.63) is 22.4 Å². The Morgan fingerprint density at radius 3 is 2.65 bits per heavy atom. The van der Waals surface area contributed by atoms with Gasteiger partial charge >= 0.3 is 0 Å². The third-order valence-corrected chi connectivity index (χ3v) is 4.81. The molecule has 0 unspecified atom stereocenters. The van der Waals surface area contributed by atoms with Gasteiger partial charge < -0.3 is 4.90 Å². The summed E-state index contributed by atoms with van der Waals surface area (Å²) in [6, 6.07) is 4.98. The first kappa shape index (κ1) is 11.3. The molecule has 1 aromatic heterocycles. The molecular weight excluding hydrogens is 228 g/mol. The molecule has 17 heavy (non-hydrogen) atoms. The minimum atomic E-state index is 0.551. The smallest absolute Gasteiger partial charge is 0.0995 e. The van der Waals surface area contributed by atoms with Crippen LogP contribution in [0.25, 0.3) is 0 Å². The van der Waals surface area contributed by atoms with Crippen LogP contribution in [0.1, 0.15) is 43.4 Å². The fourth-order valence-corrected chi connectivity index (χ4v) is 3.50. The second-order valence-electron chi connectivity index (χ2n) is 5.31. The molecule has 2 aliphatic carbocycles. The molecule has 0 aromatic carbocycles. The first-order valence-corrected chi connectivity index (χ1v) is 7.60. The first-order valence-electron chi connectivity index (χ1n) is 6.72. The van der Waals surface area contributed by atoms with Crippen LogP contribution in [0.4, 0.5) is 0 Å². The van der Waals surface area contributed by atoms with Gasteiger partial charge in [-0.05, 0) is 37.1 Å². The van der Waals surface area contributed by atoms with Gasteiger partial charge in [-0.1, -0.05) is 18.9 Å². The molecule has 1 aromatic rings. The molecule has 1 heterocycles. The van der Waals surface area contributed by atoms with Gasteiger partial charge in [0, 0.05) is 16.8 Å². The van der Waals surface area contributed by atoms with Gasteiger partial charge in [0.25, 0.3) is 0 Å². The van der Waals surface area contributed by atoms with Gasteiger partial charge in [0.2, 0.25) is 0 Å². The van der Waals surface area contributed by atoms with E-state index < -0.39 is 0 Å². The van der Waals surface area contributed by atoms with Crippen LogP contribution in [0.5, 0.6) is 0 Å². The number of thiophene rings is 1. The topological polar surface area (TPSA) is 27.1 Å². The molecule has 0 spiro atoms. The van der Waals surface area contributed by atoms with Crippen LogP contribution in [0.3, 0.4) is 0 Å². The Labute approximate surface area is 107 Å². The van der Waals surface area contributed by atoms with E-state index >= 15 is 0 Å². The Kier molecular flexibility index (Phi) is 3.19. The van der Waals surface area contributed by atoms with Crippen molar-refractivity contribution in [3.8, 4) is 0 Å². The molecule has 0 radical (unpaired) electrons. The minimum absolute atomic E-state index is 0.551. The lowest BCUT2D eigenvalue weighted by Gasteiger charge is -2.28. The zero-order valence-corrected chi connectivity index (χ0v) is 11.0. The van der Waals surface area contributed by atoms with E-state index in [9.17, 15) is 0 Å². The second kappa shape index (κ2) is 4.81. The average molecular weight is 248 g/mol. The summed E-state index contributed by atoms with van der Waals surface area (Å²) in [5, 5.41) is 10.6. The number of nitrogens with zero attached hydrogens (tertiary/aromatic N) is 1. The highest BCUT2D eigenvalue weighted by Crippen LogP contribution is 2.34. The molecule has 3 rings (SSSR count). The van der Waals surface area contributed by atoms with Crippen molar-refractivity contribution in [1.29, 1.82) is 5.41 Å². The van der Waals surface area contributed by atoms with Crippen molar-refractivity contribution in [2.75, 3.05) is 0 Å². The maximum Gasteiger partial charge on any atom is 0.0995 e. The van der Waals surface area contributed by atoms with Crippen LogP contribution < -0.4 is 0 Å². The van der Waals surface area contributed by atoms with Crippen LogP contribution >= 0.6 is 11.3 Å².